The van der Waals surface area contributed by atoms with Crippen molar-refractivity contribution in [2.24, 2.45) is 0 Å². The molecule has 1 N–H and O–H groups in total. The molecule has 0 bridgehead atoms. The van der Waals surface area contributed by atoms with Crippen molar-refractivity contribution >= 4 is 11.6 Å². The van der Waals surface area contributed by atoms with Gasteiger partial charge in [0.15, 0.2) is 0 Å². The normalized spacial score (nSPS) is 17.2. The summed E-state index contributed by atoms with van der Waals surface area (Å²) >= 11 is 0. The Morgan fingerprint density at radius 1 is 0.975 bits per heavy atom. The number of aryl methyl sites for hydroxylation is 2. The smallest absolute Gasteiger partial charge is 0.390 e. The second kappa shape index (κ2) is 11.2. The number of benzene rings is 2. The molecule has 10 heteroatoms. The van der Waals surface area contributed by atoms with E-state index >= 15 is 0 Å². The van der Waals surface area contributed by atoms with Crippen molar-refractivity contribution in [3.05, 3.63) is 70.4 Å². The van der Waals surface area contributed by atoms with E-state index in [0.717, 1.165) is 49.6 Å². The first-order valence-corrected chi connectivity index (χ1v) is 13.7. The van der Waals surface area contributed by atoms with Gasteiger partial charge in [0.1, 0.15) is 0 Å². The minimum Gasteiger partial charge on any atom is -0.390 e. The van der Waals surface area contributed by atoms with E-state index < -0.39 is 17.8 Å². The third-order valence-electron chi connectivity index (χ3n) is 8.05. The van der Waals surface area contributed by atoms with Gasteiger partial charge in [-0.15, -0.1) is 0 Å². The van der Waals surface area contributed by atoms with E-state index in [1.807, 2.05) is 0 Å². The molecule has 7 nitrogen and oxygen atoms in total. The topological polar surface area (TPSA) is 64.8 Å². The largest absolute Gasteiger partial charge is 0.416 e. The standard InChI is InChI=1S/C30H36F3N5O2/c1-20-5-4-6-21(2)29(20)36-15-13-35(14-16-36)17-25(40)18-38-27-11-12-37(22(3)39)19-26(27)28(34-38)23-7-9-24(10-8-23)30(31,32)33/h4-10,25,40H,11-19H2,1-3H3. The maximum atomic E-state index is 13.1. The predicted octanol–water partition coefficient (Wildman–Crippen LogP) is 4.27. The number of nitrogens with zero attached hydrogens (tertiary/aromatic N) is 5. The molecule has 0 radical (unpaired) electrons. The number of alkyl halides is 3. The van der Waals surface area contributed by atoms with Crippen LogP contribution in [0.2, 0.25) is 0 Å². The van der Waals surface area contributed by atoms with Crippen molar-refractivity contribution in [1.82, 2.24) is 19.6 Å². The highest BCUT2D eigenvalue weighted by atomic mass is 19.4. The maximum Gasteiger partial charge on any atom is 0.416 e. The van der Waals surface area contributed by atoms with E-state index in [2.05, 4.69) is 41.8 Å². The number of aliphatic hydroxyl groups is 1. The van der Waals surface area contributed by atoms with Crippen LogP contribution in [0, 0.1) is 13.8 Å². The zero-order valence-corrected chi connectivity index (χ0v) is 23.2. The third-order valence-corrected chi connectivity index (χ3v) is 8.05. The van der Waals surface area contributed by atoms with E-state index in [0.29, 0.717) is 37.3 Å². The Bertz CT molecular complexity index is 1340. The molecule has 2 aliphatic rings. The number of amides is 1. The monoisotopic (exact) mass is 555 g/mol. The number of hydrogen-bond acceptors (Lipinski definition) is 5. The molecular formula is C30H36F3N5O2. The van der Waals surface area contributed by atoms with Gasteiger partial charge in [0.05, 0.1) is 23.9 Å². The first kappa shape index (κ1) is 28.2. The molecule has 1 unspecified atom stereocenters. The third kappa shape index (κ3) is 5.88. The van der Waals surface area contributed by atoms with E-state index in [4.69, 9.17) is 5.10 Å². The van der Waals surface area contributed by atoms with E-state index in [1.165, 1.54) is 35.9 Å². The fourth-order valence-corrected chi connectivity index (χ4v) is 5.97. The number of carbonyl (C=O) groups is 1. The lowest BCUT2D eigenvalue weighted by Gasteiger charge is -2.38. The Morgan fingerprint density at radius 3 is 2.23 bits per heavy atom. The SMILES string of the molecule is CC(=O)N1CCc2c(c(-c3ccc(C(F)(F)F)cc3)nn2CC(O)CN2CCN(c3c(C)cccc3C)CC2)C1. The first-order valence-electron chi connectivity index (χ1n) is 13.7. The minimum atomic E-state index is -4.42. The highest BCUT2D eigenvalue weighted by Gasteiger charge is 2.32. The van der Waals surface area contributed by atoms with Crippen LogP contribution in [0.1, 0.15) is 34.9 Å². The summed E-state index contributed by atoms with van der Waals surface area (Å²) in [6, 6.07) is 11.3. The number of anilines is 1. The van der Waals surface area contributed by atoms with Crippen LogP contribution in [0.5, 0.6) is 0 Å². The van der Waals surface area contributed by atoms with Gasteiger partial charge in [-0.2, -0.15) is 18.3 Å². The quantitative estimate of drug-likeness (QED) is 0.492. The molecule has 1 saturated heterocycles. The molecule has 1 atom stereocenters. The summed E-state index contributed by atoms with van der Waals surface area (Å²) in [6.45, 7) is 10.9. The molecule has 2 aliphatic heterocycles. The second-order valence-corrected chi connectivity index (χ2v) is 10.9. The van der Waals surface area contributed by atoms with Gasteiger partial charge >= 0.3 is 6.18 Å². The predicted molar refractivity (Wildman–Crippen MR) is 148 cm³/mol. The van der Waals surface area contributed by atoms with Crippen LogP contribution in [0.15, 0.2) is 42.5 Å². The van der Waals surface area contributed by atoms with Gasteiger partial charge in [-0.05, 0) is 37.1 Å². The number of piperazine rings is 1. The van der Waals surface area contributed by atoms with E-state index in [-0.39, 0.29) is 12.5 Å². The first-order chi connectivity index (χ1) is 19.0. The Labute approximate surface area is 232 Å². The number of β-amino-alcohol motifs (C(OH)–C–C–N with tert-alkyl or cyclic N) is 1. The molecule has 5 rings (SSSR count). The molecular weight excluding hydrogens is 519 g/mol. The van der Waals surface area contributed by atoms with Crippen LogP contribution >= 0.6 is 0 Å². The molecule has 214 valence electrons. The van der Waals surface area contributed by atoms with Gasteiger partial charge in [0, 0.05) is 81.7 Å². The molecule has 1 fully saturated rings. The van der Waals surface area contributed by atoms with Crippen molar-refractivity contribution in [1.29, 1.82) is 0 Å². The van der Waals surface area contributed by atoms with Crippen molar-refractivity contribution < 1.29 is 23.1 Å². The summed E-state index contributed by atoms with van der Waals surface area (Å²) in [5.41, 5.74) is 5.98. The van der Waals surface area contributed by atoms with Gasteiger partial charge in [-0.1, -0.05) is 30.3 Å². The summed E-state index contributed by atoms with van der Waals surface area (Å²) in [5.74, 6) is -0.0585. The van der Waals surface area contributed by atoms with Gasteiger partial charge < -0.3 is 14.9 Å². The van der Waals surface area contributed by atoms with Crippen LogP contribution in [-0.4, -0.2) is 76.0 Å². The zero-order chi connectivity index (χ0) is 28.6. The zero-order valence-electron chi connectivity index (χ0n) is 23.2. The number of halogens is 3. The Hall–Kier alpha value is -3.37. The summed E-state index contributed by atoms with van der Waals surface area (Å²) in [7, 11) is 0. The van der Waals surface area contributed by atoms with Crippen LogP contribution < -0.4 is 4.90 Å². The van der Waals surface area contributed by atoms with Crippen molar-refractivity contribution in [3.8, 4) is 11.3 Å². The summed E-state index contributed by atoms with van der Waals surface area (Å²) in [6.07, 6.45) is -4.51. The van der Waals surface area contributed by atoms with Gasteiger partial charge in [-0.3, -0.25) is 14.4 Å². The van der Waals surface area contributed by atoms with Crippen molar-refractivity contribution in [2.75, 3.05) is 44.2 Å². The number of aliphatic hydroxyl groups excluding tert-OH is 1. The molecule has 1 amide bonds. The van der Waals surface area contributed by atoms with Crippen molar-refractivity contribution in [3.63, 3.8) is 0 Å². The van der Waals surface area contributed by atoms with Crippen LogP contribution in [-0.2, 0) is 30.5 Å². The second-order valence-electron chi connectivity index (χ2n) is 10.9. The average molecular weight is 556 g/mol. The highest BCUT2D eigenvalue weighted by Crippen LogP contribution is 2.34. The van der Waals surface area contributed by atoms with E-state index in [9.17, 15) is 23.1 Å². The lowest BCUT2D eigenvalue weighted by atomic mass is 10.00. The molecule has 0 saturated carbocycles. The summed E-state index contributed by atoms with van der Waals surface area (Å²) in [5, 5.41) is 15.8. The molecule has 40 heavy (non-hydrogen) atoms. The number of fused-ring (bicyclic) bond motifs is 1. The Balaban J connectivity index is 1.30. The Kier molecular flexibility index (Phi) is 7.92. The fraction of sp³-hybridized carbons (Fsp3) is 0.467. The minimum absolute atomic E-state index is 0.0585. The Morgan fingerprint density at radius 2 is 1.62 bits per heavy atom. The summed E-state index contributed by atoms with van der Waals surface area (Å²) < 4.78 is 41.2. The lowest BCUT2D eigenvalue weighted by molar-refractivity contribution is -0.137. The number of hydrogen-bond donors (Lipinski definition) is 1. The molecule has 3 heterocycles. The van der Waals surface area contributed by atoms with Crippen molar-refractivity contribution in [2.45, 2.75) is 52.6 Å². The summed E-state index contributed by atoms with van der Waals surface area (Å²) in [4.78, 5) is 18.5. The molecule has 2 aromatic carbocycles. The molecule has 3 aromatic rings. The van der Waals surface area contributed by atoms with E-state index in [1.54, 1.807) is 9.58 Å². The van der Waals surface area contributed by atoms with Gasteiger partial charge in [0.25, 0.3) is 0 Å². The number of rotatable bonds is 6. The van der Waals surface area contributed by atoms with Gasteiger partial charge in [0.2, 0.25) is 5.91 Å². The van der Waals surface area contributed by atoms with Crippen LogP contribution in [0.3, 0.4) is 0 Å². The van der Waals surface area contributed by atoms with Crippen LogP contribution in [0.4, 0.5) is 18.9 Å². The van der Waals surface area contributed by atoms with Crippen LogP contribution in [0.25, 0.3) is 11.3 Å². The molecule has 1 aromatic heterocycles. The maximum absolute atomic E-state index is 13.1. The number of aromatic nitrogens is 2. The average Bonchev–Trinajstić information content (AvgIpc) is 3.26. The fourth-order valence-electron chi connectivity index (χ4n) is 5.97. The number of carbonyl (C=O) groups excluding carboxylic acids is 1. The molecule has 0 aliphatic carbocycles. The molecule has 0 spiro atoms. The van der Waals surface area contributed by atoms with Gasteiger partial charge in [-0.25, -0.2) is 0 Å². The number of para-hydroxylation sites is 1. The lowest BCUT2D eigenvalue weighted by Crippen LogP contribution is -2.49. The highest BCUT2D eigenvalue weighted by molar-refractivity contribution is 5.74.